The molecule has 0 aliphatic carbocycles. The molecule has 0 amide bonds. The van der Waals surface area contributed by atoms with Crippen molar-refractivity contribution in [3.8, 4) is 34.7 Å². The normalized spacial score (nSPS) is 12.2. The van der Waals surface area contributed by atoms with E-state index < -0.39 is 13.9 Å². The number of ether oxygens (including phenoxy) is 4. The number of aromatic nitrogens is 3. The maximum atomic E-state index is 13.0. The van der Waals surface area contributed by atoms with Crippen LogP contribution in [-0.4, -0.2) is 50.1 Å². The summed E-state index contributed by atoms with van der Waals surface area (Å²) in [5, 5.41) is 7.69. The molecular formula is C18H19N3O5Si. The third-order valence-corrected chi connectivity index (χ3v) is 4.42. The minimum atomic E-state index is -1.65. The minimum Gasteiger partial charge on any atom is -0.477 e. The van der Waals surface area contributed by atoms with E-state index in [0.717, 1.165) is 0 Å². The van der Waals surface area contributed by atoms with Crippen LogP contribution in [0.4, 0.5) is 0 Å². The number of rotatable bonds is 4. The molecule has 9 heteroatoms. The number of methoxy groups -OCH3 is 2. The number of benzene rings is 1. The highest BCUT2D eigenvalue weighted by molar-refractivity contribution is 6.83. The Morgan fingerprint density at radius 1 is 1.07 bits per heavy atom. The predicted octanol–water partition coefficient (Wildman–Crippen LogP) is 2.08. The van der Waals surface area contributed by atoms with E-state index in [1.54, 1.807) is 12.1 Å². The van der Waals surface area contributed by atoms with Crippen molar-refractivity contribution >= 4 is 13.9 Å². The number of carbonyl (C=O) groups is 1. The van der Waals surface area contributed by atoms with Crippen LogP contribution in [0.2, 0.25) is 19.6 Å². The molecule has 2 heterocycles. The molecule has 2 aromatic rings. The molecule has 0 radical (unpaired) electrons. The van der Waals surface area contributed by atoms with Gasteiger partial charge in [0.15, 0.2) is 11.5 Å². The van der Waals surface area contributed by atoms with Crippen molar-refractivity contribution in [2.75, 3.05) is 21.0 Å². The summed E-state index contributed by atoms with van der Waals surface area (Å²) in [7, 11) is 1.17. The van der Waals surface area contributed by atoms with Crippen LogP contribution in [0.3, 0.4) is 0 Å². The van der Waals surface area contributed by atoms with Crippen molar-refractivity contribution in [3.63, 3.8) is 0 Å². The molecule has 0 spiro atoms. The van der Waals surface area contributed by atoms with Crippen molar-refractivity contribution in [2.24, 2.45) is 0 Å². The Labute approximate surface area is 157 Å². The van der Waals surface area contributed by atoms with E-state index in [1.165, 1.54) is 14.2 Å². The third-order valence-electron chi connectivity index (χ3n) is 3.55. The summed E-state index contributed by atoms with van der Waals surface area (Å²) in [6.07, 6.45) is 0. The van der Waals surface area contributed by atoms with Gasteiger partial charge in [-0.05, 0) is 6.07 Å². The van der Waals surface area contributed by atoms with Gasteiger partial charge in [-0.3, -0.25) is 4.79 Å². The summed E-state index contributed by atoms with van der Waals surface area (Å²) in [4.78, 5) is 17.1. The summed E-state index contributed by atoms with van der Waals surface area (Å²) < 4.78 is 20.9. The number of hydrogen-bond acceptors (Lipinski definition) is 8. The summed E-state index contributed by atoms with van der Waals surface area (Å²) in [5.41, 5.74) is 4.11. The van der Waals surface area contributed by atoms with Crippen molar-refractivity contribution in [2.45, 2.75) is 19.6 Å². The number of carbonyl (C=O) groups excluding carboxylic acids is 1. The topological polar surface area (TPSA) is 92.7 Å². The number of ketones is 1. The van der Waals surface area contributed by atoms with Gasteiger partial charge in [-0.15, -0.1) is 15.7 Å². The first kappa shape index (κ1) is 18.7. The average Bonchev–Trinajstić information content (AvgIpc) is 3.11. The Kier molecular flexibility index (Phi) is 5.01. The van der Waals surface area contributed by atoms with E-state index in [0.29, 0.717) is 22.6 Å². The lowest BCUT2D eigenvalue weighted by molar-refractivity contribution is 0.102. The Hall–Kier alpha value is -3.12. The molecule has 0 N–H and O–H groups in total. The standard InChI is InChI=1S/C18H19N3O5Si/c1-23-17-18(24-2)21-20-16(19-17)15(22)12-9-14-13(25-10-26-14)8-11(12)6-7-27(3,4)5/h8-9H,10H2,1-5H3. The maximum Gasteiger partial charge on any atom is 0.296 e. The van der Waals surface area contributed by atoms with E-state index >= 15 is 0 Å². The lowest BCUT2D eigenvalue weighted by Gasteiger charge is -2.08. The van der Waals surface area contributed by atoms with E-state index in [-0.39, 0.29) is 24.4 Å². The minimum absolute atomic E-state index is 0.0753. The molecular weight excluding hydrogens is 366 g/mol. The van der Waals surface area contributed by atoms with Crippen LogP contribution in [0.25, 0.3) is 0 Å². The molecule has 0 saturated carbocycles. The molecule has 0 atom stereocenters. The zero-order chi connectivity index (χ0) is 19.6. The Bertz CT molecular complexity index is 960. The zero-order valence-corrected chi connectivity index (χ0v) is 16.7. The van der Waals surface area contributed by atoms with Gasteiger partial charge in [0.1, 0.15) is 8.07 Å². The van der Waals surface area contributed by atoms with Gasteiger partial charge in [-0.25, -0.2) is 0 Å². The molecule has 0 saturated heterocycles. The van der Waals surface area contributed by atoms with E-state index in [9.17, 15) is 4.79 Å². The van der Waals surface area contributed by atoms with Gasteiger partial charge < -0.3 is 18.9 Å². The Morgan fingerprint density at radius 3 is 2.37 bits per heavy atom. The first-order valence-electron chi connectivity index (χ1n) is 8.16. The van der Waals surface area contributed by atoms with E-state index in [2.05, 4.69) is 46.3 Å². The zero-order valence-electron chi connectivity index (χ0n) is 15.7. The highest BCUT2D eigenvalue weighted by Gasteiger charge is 2.24. The fourth-order valence-corrected chi connectivity index (χ4v) is 2.78. The molecule has 0 unspecified atom stereocenters. The third kappa shape index (κ3) is 4.01. The molecule has 0 bridgehead atoms. The molecule has 1 aromatic carbocycles. The molecule has 8 nitrogen and oxygen atoms in total. The van der Waals surface area contributed by atoms with Crippen molar-refractivity contribution in [3.05, 3.63) is 29.1 Å². The second-order valence-corrected chi connectivity index (χ2v) is 11.5. The molecule has 1 aromatic heterocycles. The van der Waals surface area contributed by atoms with Gasteiger partial charge in [-0.1, -0.05) is 25.6 Å². The summed E-state index contributed by atoms with van der Waals surface area (Å²) in [6.45, 7) is 6.46. The van der Waals surface area contributed by atoms with Crippen molar-refractivity contribution in [1.29, 1.82) is 0 Å². The van der Waals surface area contributed by atoms with Crippen LogP contribution in [0.1, 0.15) is 21.7 Å². The fraction of sp³-hybridized carbons (Fsp3) is 0.333. The monoisotopic (exact) mass is 385 g/mol. The van der Waals surface area contributed by atoms with E-state index in [4.69, 9.17) is 18.9 Å². The largest absolute Gasteiger partial charge is 0.477 e. The Morgan fingerprint density at radius 2 is 1.74 bits per heavy atom. The van der Waals surface area contributed by atoms with Crippen molar-refractivity contribution < 1.29 is 23.7 Å². The quantitative estimate of drug-likeness (QED) is 0.449. The van der Waals surface area contributed by atoms with Crippen LogP contribution in [-0.2, 0) is 0 Å². The Balaban J connectivity index is 2.09. The van der Waals surface area contributed by atoms with E-state index in [1.807, 2.05) is 0 Å². The molecule has 27 heavy (non-hydrogen) atoms. The highest BCUT2D eigenvalue weighted by Crippen LogP contribution is 2.35. The first-order valence-corrected chi connectivity index (χ1v) is 11.7. The van der Waals surface area contributed by atoms with Gasteiger partial charge in [0.2, 0.25) is 18.4 Å². The summed E-state index contributed by atoms with van der Waals surface area (Å²) >= 11 is 0. The van der Waals surface area contributed by atoms with Crippen LogP contribution >= 0.6 is 0 Å². The number of fused-ring (bicyclic) bond motifs is 1. The molecule has 140 valence electrons. The fourth-order valence-electron chi connectivity index (χ4n) is 2.27. The van der Waals surface area contributed by atoms with Gasteiger partial charge in [0.05, 0.1) is 14.2 Å². The van der Waals surface area contributed by atoms with Gasteiger partial charge >= 0.3 is 0 Å². The van der Waals surface area contributed by atoms with Crippen molar-refractivity contribution in [1.82, 2.24) is 15.2 Å². The van der Waals surface area contributed by atoms with Crippen LogP contribution in [0, 0.1) is 11.5 Å². The number of hydrogen-bond donors (Lipinski definition) is 0. The molecule has 3 rings (SSSR count). The smallest absolute Gasteiger partial charge is 0.296 e. The average molecular weight is 385 g/mol. The van der Waals surface area contributed by atoms with Crippen LogP contribution in [0.15, 0.2) is 12.1 Å². The van der Waals surface area contributed by atoms with Gasteiger partial charge in [0, 0.05) is 17.2 Å². The van der Waals surface area contributed by atoms with Gasteiger partial charge in [-0.2, -0.15) is 4.98 Å². The lowest BCUT2D eigenvalue weighted by Crippen LogP contribution is -2.17. The lowest BCUT2D eigenvalue weighted by atomic mass is 10.0. The molecule has 1 aliphatic heterocycles. The second kappa shape index (κ2) is 7.24. The number of nitrogens with zero attached hydrogens (tertiary/aromatic N) is 3. The predicted molar refractivity (Wildman–Crippen MR) is 99.2 cm³/mol. The highest BCUT2D eigenvalue weighted by atomic mass is 28.3. The molecule has 1 aliphatic rings. The maximum absolute atomic E-state index is 13.0. The van der Waals surface area contributed by atoms with Gasteiger partial charge in [0.25, 0.3) is 11.8 Å². The molecule has 0 fully saturated rings. The SMILES string of the molecule is COc1nnc(C(=O)c2cc3c(cc2C#C[Si](C)(C)C)OCO3)nc1OC. The van der Waals surface area contributed by atoms with Crippen LogP contribution in [0.5, 0.6) is 23.3 Å². The summed E-state index contributed by atoms with van der Waals surface area (Å²) in [6, 6.07) is 3.30. The first-order chi connectivity index (χ1) is 12.8. The summed E-state index contributed by atoms with van der Waals surface area (Å²) in [5.74, 6) is 3.74. The van der Waals surface area contributed by atoms with Crippen LogP contribution < -0.4 is 18.9 Å². The second-order valence-electron chi connectivity index (χ2n) is 6.73.